The minimum atomic E-state index is -2.18. The Balaban J connectivity index is 1.09. The van der Waals surface area contributed by atoms with Crippen molar-refractivity contribution >= 4 is 87.0 Å². The molecule has 0 bridgehead atoms. The van der Waals surface area contributed by atoms with Crippen LogP contribution < -0.4 is 41.5 Å². The average Bonchev–Trinajstić information content (AvgIpc) is 3.58. The molecule has 0 spiro atoms. The van der Waals surface area contributed by atoms with Crippen molar-refractivity contribution in [3.05, 3.63) is 187 Å². The van der Waals surface area contributed by atoms with E-state index in [-0.39, 0.29) is 28.5 Å². The molecule has 3 nitrogen and oxygen atoms in total. The Bertz CT molecular complexity index is 3450. The summed E-state index contributed by atoms with van der Waals surface area (Å²) < 4.78 is 0. The van der Waals surface area contributed by atoms with Crippen LogP contribution in [0.3, 0.4) is 0 Å². The van der Waals surface area contributed by atoms with Crippen molar-refractivity contribution in [2.24, 2.45) is 0 Å². The van der Waals surface area contributed by atoms with Gasteiger partial charge in [-0.05, 0) is 147 Å². The van der Waals surface area contributed by atoms with Gasteiger partial charge in [0.2, 0.25) is 0 Å². The highest BCUT2D eigenvalue weighted by atomic mass is 28.3. The van der Waals surface area contributed by atoms with Crippen LogP contribution in [0.4, 0.5) is 45.5 Å². The van der Waals surface area contributed by atoms with E-state index in [0.29, 0.717) is 0 Å². The fourth-order valence-electron chi connectivity index (χ4n) is 14.0. The lowest BCUT2D eigenvalue weighted by molar-refractivity contribution is 0.195. The summed E-state index contributed by atoms with van der Waals surface area (Å²) in [6.07, 6.45) is 4.76. The van der Waals surface area contributed by atoms with Crippen molar-refractivity contribution in [1.82, 2.24) is 0 Å². The van der Waals surface area contributed by atoms with Crippen molar-refractivity contribution < 1.29 is 0 Å². The zero-order valence-corrected chi connectivity index (χ0v) is 44.4. The first-order valence-electron chi connectivity index (χ1n) is 26.3. The van der Waals surface area contributed by atoms with Crippen LogP contribution in [0.2, 0.25) is 13.1 Å². The van der Waals surface area contributed by atoms with Gasteiger partial charge >= 0.3 is 0 Å². The summed E-state index contributed by atoms with van der Waals surface area (Å²) in [5.74, 6) is 0. The lowest BCUT2D eigenvalue weighted by Gasteiger charge is -2.52. The van der Waals surface area contributed by atoms with Crippen LogP contribution in [-0.4, -0.2) is 20.3 Å². The Morgan fingerprint density at radius 2 is 0.915 bits per heavy atom. The Kier molecular flexibility index (Phi) is 9.52. The van der Waals surface area contributed by atoms with Crippen LogP contribution in [0.15, 0.2) is 170 Å². The number of hydrogen-bond acceptors (Lipinski definition) is 3. The van der Waals surface area contributed by atoms with Crippen LogP contribution in [0.5, 0.6) is 0 Å². The smallest absolute Gasteiger partial charge is 0.251 e. The highest BCUT2D eigenvalue weighted by Gasteiger charge is 2.59. The predicted molar refractivity (Wildman–Crippen MR) is 308 cm³/mol. The van der Waals surface area contributed by atoms with E-state index in [9.17, 15) is 0 Å². The van der Waals surface area contributed by atoms with Gasteiger partial charge in [0, 0.05) is 50.9 Å². The fraction of sp³-hybridized carbons (Fsp3) is 0.273. The van der Waals surface area contributed by atoms with Crippen LogP contribution in [0.1, 0.15) is 97.8 Å². The minimum absolute atomic E-state index is 0.0375. The van der Waals surface area contributed by atoms with Gasteiger partial charge in [0.05, 0.1) is 5.54 Å². The third-order valence-electron chi connectivity index (χ3n) is 18.1. The van der Waals surface area contributed by atoms with Crippen LogP contribution in [-0.2, 0) is 16.2 Å². The quantitative estimate of drug-likeness (QED) is 0.159. The molecule has 0 radical (unpaired) electrons. The van der Waals surface area contributed by atoms with Gasteiger partial charge in [0.1, 0.15) is 8.07 Å². The molecule has 2 unspecified atom stereocenters. The third-order valence-corrected chi connectivity index (χ3v) is 21.7. The molecule has 13 rings (SSSR count). The topological polar surface area (TPSA) is 9.72 Å². The van der Waals surface area contributed by atoms with Gasteiger partial charge in [-0.25, -0.2) is 0 Å². The number of fused-ring (bicyclic) bond motifs is 3. The summed E-state index contributed by atoms with van der Waals surface area (Å²) in [4.78, 5) is 8.13. The minimum Gasteiger partial charge on any atom is -0.334 e. The summed E-state index contributed by atoms with van der Waals surface area (Å²) in [5, 5.41) is 3.12. The molecule has 4 heterocycles. The molecule has 0 N–H and O–H groups in total. The van der Waals surface area contributed by atoms with Gasteiger partial charge in [0.15, 0.2) is 0 Å². The van der Waals surface area contributed by atoms with Crippen LogP contribution >= 0.6 is 0 Å². The molecule has 8 aromatic carbocycles. The van der Waals surface area contributed by atoms with Crippen molar-refractivity contribution in [3.8, 4) is 22.3 Å². The summed E-state index contributed by atoms with van der Waals surface area (Å²) in [6, 6.07) is 66.4. The van der Waals surface area contributed by atoms with Gasteiger partial charge in [-0.3, -0.25) is 0 Å². The average molecular weight is 940 g/mol. The number of benzene rings is 8. The van der Waals surface area contributed by atoms with Crippen LogP contribution in [0, 0.1) is 0 Å². The van der Waals surface area contributed by atoms with Gasteiger partial charge in [-0.1, -0.05) is 194 Å². The van der Waals surface area contributed by atoms with Gasteiger partial charge < -0.3 is 14.7 Å². The van der Waals surface area contributed by atoms with E-state index in [1.165, 1.54) is 120 Å². The molecule has 0 saturated heterocycles. The van der Waals surface area contributed by atoms with Gasteiger partial charge in [0.25, 0.3) is 6.71 Å². The first kappa shape index (κ1) is 44.4. The highest BCUT2D eigenvalue weighted by molar-refractivity contribution is 7.16. The molecular formula is C66H66BN3Si. The van der Waals surface area contributed by atoms with Crippen molar-refractivity contribution in [3.63, 3.8) is 0 Å². The monoisotopic (exact) mass is 940 g/mol. The SMILES string of the molecule is CC(C)(C)c1ccc(-c2ccc(N3c4cc(N5c6ccc(-c7ccccc7)cc6C6(C)CCCCC56C)cc5c4B4c6c3cccc6[Si](C)(C)c3cccc(c34)N5c3ccc(C(C)(C)C)cc3)cc2)cc1. The number of rotatable bonds is 5. The molecule has 8 aromatic rings. The fourth-order valence-corrected chi connectivity index (χ4v) is 17.2. The number of hydrogen-bond donors (Lipinski definition) is 0. The molecule has 0 amide bonds. The molecule has 2 atom stereocenters. The van der Waals surface area contributed by atoms with Crippen molar-refractivity contribution in [2.75, 3.05) is 14.7 Å². The van der Waals surface area contributed by atoms with E-state index >= 15 is 0 Å². The van der Waals surface area contributed by atoms with E-state index in [2.05, 4.69) is 253 Å². The maximum absolute atomic E-state index is 2.81. The second-order valence-corrected chi connectivity index (χ2v) is 28.8. The molecule has 4 aliphatic heterocycles. The van der Waals surface area contributed by atoms with Crippen molar-refractivity contribution in [2.45, 2.75) is 116 Å². The normalized spacial score (nSPS) is 20.1. The van der Waals surface area contributed by atoms with Crippen molar-refractivity contribution in [1.29, 1.82) is 0 Å². The summed E-state index contributed by atoms with van der Waals surface area (Å²) in [5.41, 5.74) is 23.9. The molecular weight excluding hydrogens is 874 g/mol. The molecule has 5 heteroatoms. The van der Waals surface area contributed by atoms with E-state index in [1.807, 2.05) is 0 Å². The van der Waals surface area contributed by atoms with Gasteiger partial charge in [-0.15, -0.1) is 0 Å². The maximum Gasteiger partial charge on any atom is 0.251 e. The van der Waals surface area contributed by atoms with Crippen LogP contribution in [0.25, 0.3) is 22.3 Å². The first-order chi connectivity index (χ1) is 34.0. The standard InChI is InChI=1S/C66H66BN3Si/c1-63(2,3)47-29-24-44(25-30-47)45-26-33-49(34-27-45)68-54-20-16-22-58-61(54)67-60-56(68)41-51(70-53-37-28-46(43-18-12-11-13-19-43)40-52(53)65(7)38-14-15-39-66(65,70)8)42-57(60)69(50-35-31-48(32-36-50)64(4,5)6)55-21-17-23-59(62(55)67)71(58,9)10/h11-13,16-37,40-42H,14-15,38-39H2,1-10H3. The Morgan fingerprint density at radius 1 is 0.437 bits per heavy atom. The largest absolute Gasteiger partial charge is 0.334 e. The van der Waals surface area contributed by atoms with E-state index in [1.54, 1.807) is 10.4 Å². The zero-order valence-electron chi connectivity index (χ0n) is 43.4. The molecule has 0 aromatic heterocycles. The second-order valence-electron chi connectivity index (χ2n) is 24.5. The molecule has 1 saturated carbocycles. The maximum atomic E-state index is 2.81. The van der Waals surface area contributed by atoms with Gasteiger partial charge in [-0.2, -0.15) is 0 Å². The Labute approximate surface area is 424 Å². The summed E-state index contributed by atoms with van der Waals surface area (Å²) >= 11 is 0. The van der Waals surface area contributed by atoms with E-state index in [0.717, 1.165) is 6.42 Å². The Morgan fingerprint density at radius 3 is 1.46 bits per heavy atom. The number of nitrogens with zero attached hydrogens (tertiary/aromatic N) is 3. The molecule has 5 aliphatic rings. The summed E-state index contributed by atoms with van der Waals surface area (Å²) in [7, 11) is -2.18. The third kappa shape index (κ3) is 6.33. The summed E-state index contributed by atoms with van der Waals surface area (Å²) in [6.45, 7) is 24.3. The first-order valence-corrected chi connectivity index (χ1v) is 29.3. The molecule has 71 heavy (non-hydrogen) atoms. The number of anilines is 8. The molecule has 352 valence electrons. The second kappa shape index (κ2) is 15.2. The lowest BCUT2D eigenvalue weighted by Crippen LogP contribution is -2.79. The van der Waals surface area contributed by atoms with E-state index in [4.69, 9.17) is 0 Å². The molecule has 1 aliphatic carbocycles. The highest BCUT2D eigenvalue weighted by Crippen LogP contribution is 2.62. The lowest BCUT2D eigenvalue weighted by atomic mass is 9.33. The van der Waals surface area contributed by atoms with E-state index < -0.39 is 8.07 Å². The predicted octanol–water partition coefficient (Wildman–Crippen LogP) is 14.6. The Hall–Kier alpha value is -6.56. The molecule has 1 fully saturated rings. The zero-order chi connectivity index (χ0) is 49.0.